The first-order valence-electron chi connectivity index (χ1n) is 6.73. The van der Waals surface area contributed by atoms with Crippen molar-refractivity contribution in [1.29, 1.82) is 0 Å². The van der Waals surface area contributed by atoms with Crippen LogP contribution in [-0.2, 0) is 9.84 Å². The van der Waals surface area contributed by atoms with Crippen LogP contribution in [-0.4, -0.2) is 50.3 Å². The summed E-state index contributed by atoms with van der Waals surface area (Å²) >= 11 is 5.35. The summed E-state index contributed by atoms with van der Waals surface area (Å²) in [5.74, 6) is 1.64. The van der Waals surface area contributed by atoms with Crippen LogP contribution in [0.1, 0.15) is 0 Å². The van der Waals surface area contributed by atoms with Crippen molar-refractivity contribution in [3.05, 3.63) is 18.2 Å². The molecule has 4 rings (SSSR count). The first kappa shape index (κ1) is 13.1. The van der Waals surface area contributed by atoms with Gasteiger partial charge in [-0.2, -0.15) is 0 Å². The standard InChI is InChI=1S/C13H14N2O4S2/c16-21(17)6-9-10(7-21)15(13(20)14-9)8-1-2-11-12(5-8)19-4-3-18-11/h1-2,5,9-10H,3-4,6-7H2,(H,14,20)/t9-,10-/m0/s1. The van der Waals surface area contributed by atoms with E-state index in [0.717, 1.165) is 5.69 Å². The van der Waals surface area contributed by atoms with Crippen molar-refractivity contribution in [2.75, 3.05) is 29.6 Å². The van der Waals surface area contributed by atoms with Crippen LogP contribution >= 0.6 is 12.2 Å². The van der Waals surface area contributed by atoms with Crippen LogP contribution in [0.15, 0.2) is 18.2 Å². The number of nitrogens with zero attached hydrogens (tertiary/aromatic N) is 1. The molecular weight excluding hydrogens is 312 g/mol. The van der Waals surface area contributed by atoms with E-state index < -0.39 is 9.84 Å². The Morgan fingerprint density at radius 1 is 1.19 bits per heavy atom. The summed E-state index contributed by atoms with van der Waals surface area (Å²) in [6.45, 7) is 1.05. The van der Waals surface area contributed by atoms with Gasteiger partial charge in [-0.05, 0) is 24.4 Å². The van der Waals surface area contributed by atoms with Gasteiger partial charge in [-0.25, -0.2) is 8.42 Å². The van der Waals surface area contributed by atoms with Crippen LogP contribution in [0.4, 0.5) is 5.69 Å². The van der Waals surface area contributed by atoms with E-state index in [1.165, 1.54) is 0 Å². The van der Waals surface area contributed by atoms with Crippen molar-refractivity contribution < 1.29 is 17.9 Å². The molecule has 1 aromatic carbocycles. The molecule has 0 aromatic heterocycles. The Morgan fingerprint density at radius 3 is 2.76 bits per heavy atom. The van der Waals surface area contributed by atoms with Crippen molar-refractivity contribution in [3.8, 4) is 11.5 Å². The topological polar surface area (TPSA) is 67.9 Å². The monoisotopic (exact) mass is 326 g/mol. The van der Waals surface area contributed by atoms with Gasteiger partial charge in [0, 0.05) is 11.8 Å². The molecule has 0 spiro atoms. The number of thiocarbonyl (C=S) groups is 1. The predicted molar refractivity (Wildman–Crippen MR) is 81.9 cm³/mol. The third-order valence-corrected chi connectivity index (χ3v) is 6.02. The van der Waals surface area contributed by atoms with Gasteiger partial charge in [-0.1, -0.05) is 0 Å². The second kappa shape index (κ2) is 4.48. The Kier molecular flexibility index (Phi) is 2.80. The van der Waals surface area contributed by atoms with E-state index in [4.69, 9.17) is 21.7 Å². The SMILES string of the molecule is O=S1(=O)C[C@@H]2NC(=S)N(c3ccc4c(c3)OCCO4)[C@H]2C1. The number of rotatable bonds is 1. The lowest BCUT2D eigenvalue weighted by molar-refractivity contribution is 0.171. The Morgan fingerprint density at radius 2 is 1.95 bits per heavy atom. The number of benzene rings is 1. The molecule has 21 heavy (non-hydrogen) atoms. The second-order valence-corrected chi connectivity index (χ2v) is 7.94. The van der Waals surface area contributed by atoms with Gasteiger partial charge < -0.3 is 19.7 Å². The molecule has 8 heteroatoms. The quantitative estimate of drug-likeness (QED) is 0.745. The zero-order valence-corrected chi connectivity index (χ0v) is 12.7. The van der Waals surface area contributed by atoms with E-state index in [-0.39, 0.29) is 23.6 Å². The van der Waals surface area contributed by atoms with Gasteiger partial charge in [0.1, 0.15) is 13.2 Å². The summed E-state index contributed by atoms with van der Waals surface area (Å²) < 4.78 is 34.7. The Hall–Kier alpha value is -1.54. The molecule has 0 amide bonds. The highest BCUT2D eigenvalue weighted by Crippen LogP contribution is 2.37. The molecule has 0 unspecified atom stereocenters. The van der Waals surface area contributed by atoms with Gasteiger partial charge in [-0.3, -0.25) is 0 Å². The van der Waals surface area contributed by atoms with Crippen molar-refractivity contribution in [2.24, 2.45) is 0 Å². The first-order valence-corrected chi connectivity index (χ1v) is 8.96. The van der Waals surface area contributed by atoms with E-state index >= 15 is 0 Å². The Labute approximate surface area is 127 Å². The second-order valence-electron chi connectivity index (χ2n) is 5.40. The van der Waals surface area contributed by atoms with Crippen LogP contribution in [0.5, 0.6) is 11.5 Å². The largest absolute Gasteiger partial charge is 0.486 e. The molecule has 2 saturated heterocycles. The van der Waals surface area contributed by atoms with Crippen LogP contribution in [0.2, 0.25) is 0 Å². The van der Waals surface area contributed by atoms with E-state index in [9.17, 15) is 8.42 Å². The molecule has 0 radical (unpaired) electrons. The lowest BCUT2D eigenvalue weighted by atomic mass is 10.1. The molecule has 1 aromatic rings. The number of nitrogens with one attached hydrogen (secondary N) is 1. The summed E-state index contributed by atoms with van der Waals surface area (Å²) in [5.41, 5.74) is 0.835. The molecule has 2 fully saturated rings. The van der Waals surface area contributed by atoms with E-state index in [1.54, 1.807) is 0 Å². The fraction of sp³-hybridized carbons (Fsp3) is 0.462. The van der Waals surface area contributed by atoms with Crippen molar-refractivity contribution in [2.45, 2.75) is 12.1 Å². The van der Waals surface area contributed by atoms with Gasteiger partial charge >= 0.3 is 0 Å². The Balaban J connectivity index is 1.70. The molecular formula is C13H14N2O4S2. The first-order chi connectivity index (χ1) is 10.0. The zero-order chi connectivity index (χ0) is 14.6. The van der Waals surface area contributed by atoms with Gasteiger partial charge in [0.25, 0.3) is 0 Å². The lowest BCUT2D eigenvalue weighted by Crippen LogP contribution is -2.36. The maximum atomic E-state index is 11.8. The maximum Gasteiger partial charge on any atom is 0.174 e. The number of fused-ring (bicyclic) bond motifs is 2. The van der Waals surface area contributed by atoms with Crippen molar-refractivity contribution in [1.82, 2.24) is 5.32 Å². The van der Waals surface area contributed by atoms with Crippen LogP contribution in [0.3, 0.4) is 0 Å². The third kappa shape index (κ3) is 2.13. The summed E-state index contributed by atoms with van der Waals surface area (Å²) in [6.07, 6.45) is 0. The van der Waals surface area contributed by atoms with Crippen molar-refractivity contribution in [3.63, 3.8) is 0 Å². The van der Waals surface area contributed by atoms with Crippen molar-refractivity contribution >= 4 is 32.9 Å². The predicted octanol–water partition coefficient (Wildman–Crippen LogP) is 0.318. The third-order valence-electron chi connectivity index (χ3n) is 3.99. The summed E-state index contributed by atoms with van der Waals surface area (Å²) in [4.78, 5) is 1.88. The average Bonchev–Trinajstić information content (AvgIpc) is 2.88. The minimum Gasteiger partial charge on any atom is -0.486 e. The number of hydrogen-bond donors (Lipinski definition) is 1. The molecule has 112 valence electrons. The van der Waals surface area contributed by atoms with Gasteiger partial charge in [0.2, 0.25) is 0 Å². The number of sulfone groups is 1. The number of anilines is 1. The smallest absolute Gasteiger partial charge is 0.174 e. The molecule has 3 heterocycles. The molecule has 2 atom stereocenters. The molecule has 0 bridgehead atoms. The molecule has 3 aliphatic heterocycles. The maximum absolute atomic E-state index is 11.8. The molecule has 3 aliphatic rings. The van der Waals surface area contributed by atoms with Crippen LogP contribution < -0.4 is 19.7 Å². The summed E-state index contributed by atoms with van der Waals surface area (Å²) in [7, 11) is -3.01. The minimum atomic E-state index is -3.01. The average molecular weight is 326 g/mol. The van der Waals surface area contributed by atoms with E-state index in [2.05, 4.69) is 5.32 Å². The fourth-order valence-corrected chi connectivity index (χ4v) is 5.37. The fourth-order valence-electron chi connectivity index (χ4n) is 3.09. The van der Waals surface area contributed by atoms with E-state index in [0.29, 0.717) is 29.8 Å². The molecule has 0 aliphatic carbocycles. The lowest BCUT2D eigenvalue weighted by Gasteiger charge is -2.25. The molecule has 6 nitrogen and oxygen atoms in total. The number of hydrogen-bond acceptors (Lipinski definition) is 5. The number of ether oxygens (including phenoxy) is 2. The van der Waals surface area contributed by atoms with Gasteiger partial charge in [0.15, 0.2) is 26.4 Å². The Bertz CT molecular complexity index is 719. The molecule has 1 N–H and O–H groups in total. The highest BCUT2D eigenvalue weighted by Gasteiger charge is 2.47. The summed E-state index contributed by atoms with van der Waals surface area (Å²) in [5, 5.41) is 3.67. The summed E-state index contributed by atoms with van der Waals surface area (Å²) in [6, 6.07) is 5.30. The highest BCUT2D eigenvalue weighted by atomic mass is 32.2. The zero-order valence-electron chi connectivity index (χ0n) is 11.1. The minimum absolute atomic E-state index is 0.124. The van der Waals surface area contributed by atoms with E-state index in [1.807, 2.05) is 23.1 Å². The van der Waals surface area contributed by atoms with Gasteiger partial charge in [0.05, 0.1) is 23.6 Å². The highest BCUT2D eigenvalue weighted by molar-refractivity contribution is 7.91. The van der Waals surface area contributed by atoms with Crippen LogP contribution in [0.25, 0.3) is 0 Å². The van der Waals surface area contributed by atoms with Crippen LogP contribution in [0, 0.1) is 0 Å². The normalized spacial score (nSPS) is 29.1. The molecule has 0 saturated carbocycles. The van der Waals surface area contributed by atoms with Gasteiger partial charge in [-0.15, -0.1) is 0 Å².